The number of benzene rings is 2. The number of carbonyl (C=O) groups excluding carboxylic acids is 2. The normalized spacial score (nSPS) is 10.5. The molecule has 2 rings (SSSR count). The van der Waals surface area contributed by atoms with E-state index >= 15 is 0 Å². The molecule has 144 valence electrons. The second-order valence-electron chi connectivity index (χ2n) is 6.64. The Labute approximate surface area is 161 Å². The third kappa shape index (κ3) is 7.94. The van der Waals surface area contributed by atoms with Gasteiger partial charge in [-0.1, -0.05) is 30.3 Å². The van der Waals surface area contributed by atoms with Crippen molar-refractivity contribution in [3.05, 3.63) is 65.7 Å². The lowest BCUT2D eigenvalue weighted by atomic mass is 10.1. The molecule has 2 N–H and O–H groups in total. The maximum atomic E-state index is 11.9. The summed E-state index contributed by atoms with van der Waals surface area (Å²) < 4.78 is 5.61. The number of amides is 2. The molecule has 0 aromatic heterocycles. The van der Waals surface area contributed by atoms with Gasteiger partial charge in [-0.25, -0.2) is 0 Å². The topological polar surface area (TPSA) is 67.4 Å². The van der Waals surface area contributed by atoms with Crippen LogP contribution in [0.2, 0.25) is 0 Å². The average Bonchev–Trinajstić information content (AvgIpc) is 2.67. The van der Waals surface area contributed by atoms with Crippen molar-refractivity contribution in [1.82, 2.24) is 10.6 Å². The van der Waals surface area contributed by atoms with Gasteiger partial charge in [0.25, 0.3) is 5.91 Å². The largest absolute Gasteiger partial charge is 0.491 e. The summed E-state index contributed by atoms with van der Waals surface area (Å²) >= 11 is 0. The molecule has 5 heteroatoms. The first kappa shape index (κ1) is 20.5. The molecule has 0 saturated heterocycles. The highest BCUT2D eigenvalue weighted by Crippen LogP contribution is 2.13. The zero-order valence-corrected chi connectivity index (χ0v) is 16.0. The predicted octanol–water partition coefficient (Wildman–Crippen LogP) is 3.34. The minimum atomic E-state index is -0.110. The molecular weight excluding hydrogens is 340 g/mol. The first-order chi connectivity index (χ1) is 13.0. The molecule has 0 atom stereocenters. The molecule has 2 amide bonds. The van der Waals surface area contributed by atoms with E-state index in [1.807, 2.05) is 56.3 Å². The van der Waals surface area contributed by atoms with E-state index in [-0.39, 0.29) is 17.9 Å². The maximum absolute atomic E-state index is 11.9. The van der Waals surface area contributed by atoms with Crippen LogP contribution in [0, 0.1) is 0 Å². The van der Waals surface area contributed by atoms with E-state index in [0.29, 0.717) is 31.5 Å². The first-order valence-corrected chi connectivity index (χ1v) is 9.40. The van der Waals surface area contributed by atoms with Gasteiger partial charge in [-0.3, -0.25) is 9.59 Å². The van der Waals surface area contributed by atoms with Crippen molar-refractivity contribution in [2.24, 2.45) is 0 Å². The summed E-state index contributed by atoms with van der Waals surface area (Å²) in [5, 5.41) is 5.74. The molecule has 0 bridgehead atoms. The number of carbonyl (C=O) groups is 2. The van der Waals surface area contributed by atoms with Gasteiger partial charge in [0.05, 0.1) is 6.10 Å². The highest BCUT2D eigenvalue weighted by atomic mass is 16.5. The fourth-order valence-corrected chi connectivity index (χ4v) is 2.58. The Morgan fingerprint density at radius 3 is 2.30 bits per heavy atom. The van der Waals surface area contributed by atoms with Crippen molar-refractivity contribution in [2.75, 3.05) is 13.1 Å². The lowest BCUT2D eigenvalue weighted by Crippen LogP contribution is -2.28. The van der Waals surface area contributed by atoms with Crippen molar-refractivity contribution in [3.63, 3.8) is 0 Å². The van der Waals surface area contributed by atoms with Gasteiger partial charge in [-0.2, -0.15) is 0 Å². The van der Waals surface area contributed by atoms with Gasteiger partial charge in [-0.05, 0) is 56.5 Å². The van der Waals surface area contributed by atoms with Gasteiger partial charge < -0.3 is 15.4 Å². The van der Waals surface area contributed by atoms with Crippen LogP contribution >= 0.6 is 0 Å². The minimum absolute atomic E-state index is 0.00345. The van der Waals surface area contributed by atoms with Crippen LogP contribution in [0.4, 0.5) is 0 Å². The van der Waals surface area contributed by atoms with E-state index in [0.717, 1.165) is 17.7 Å². The Morgan fingerprint density at radius 2 is 1.63 bits per heavy atom. The van der Waals surface area contributed by atoms with Crippen LogP contribution in [0.1, 0.15) is 42.6 Å². The Hall–Kier alpha value is -2.82. The van der Waals surface area contributed by atoms with E-state index in [1.165, 1.54) is 0 Å². The molecule has 0 aliphatic carbocycles. The van der Waals surface area contributed by atoms with E-state index in [4.69, 9.17) is 4.74 Å². The van der Waals surface area contributed by atoms with E-state index in [2.05, 4.69) is 10.6 Å². The van der Waals surface area contributed by atoms with Crippen molar-refractivity contribution in [3.8, 4) is 5.75 Å². The van der Waals surface area contributed by atoms with Crippen LogP contribution in [0.25, 0.3) is 0 Å². The van der Waals surface area contributed by atoms with Gasteiger partial charge in [0.15, 0.2) is 0 Å². The monoisotopic (exact) mass is 368 g/mol. The molecule has 0 fully saturated rings. The van der Waals surface area contributed by atoms with Gasteiger partial charge in [0, 0.05) is 25.1 Å². The van der Waals surface area contributed by atoms with Crippen molar-refractivity contribution in [1.29, 1.82) is 0 Å². The van der Waals surface area contributed by atoms with Crippen LogP contribution in [-0.2, 0) is 11.2 Å². The average molecular weight is 368 g/mol. The summed E-state index contributed by atoms with van der Waals surface area (Å²) in [6.45, 7) is 5.07. The van der Waals surface area contributed by atoms with Crippen molar-refractivity contribution >= 4 is 11.8 Å². The molecule has 2 aromatic carbocycles. The smallest absolute Gasteiger partial charge is 0.251 e. The highest BCUT2D eigenvalue weighted by molar-refractivity contribution is 5.94. The summed E-state index contributed by atoms with van der Waals surface area (Å²) in [6, 6.07) is 17.0. The fraction of sp³-hybridized carbons (Fsp3) is 0.364. The first-order valence-electron chi connectivity index (χ1n) is 9.40. The summed E-state index contributed by atoms with van der Waals surface area (Å²) in [7, 11) is 0. The van der Waals surface area contributed by atoms with Gasteiger partial charge >= 0.3 is 0 Å². The van der Waals surface area contributed by atoms with Crippen LogP contribution in [0.15, 0.2) is 54.6 Å². The summed E-state index contributed by atoms with van der Waals surface area (Å²) in [6.07, 6.45) is 1.95. The minimum Gasteiger partial charge on any atom is -0.491 e. The zero-order valence-electron chi connectivity index (χ0n) is 16.0. The molecular formula is C22H28N2O3. The molecule has 0 aliphatic heterocycles. The molecule has 2 aromatic rings. The number of rotatable bonds is 10. The van der Waals surface area contributed by atoms with Crippen molar-refractivity contribution in [2.45, 2.75) is 39.2 Å². The summed E-state index contributed by atoms with van der Waals surface area (Å²) in [5.41, 5.74) is 1.79. The fourth-order valence-electron chi connectivity index (χ4n) is 2.58. The number of hydrogen-bond donors (Lipinski definition) is 2. The van der Waals surface area contributed by atoms with E-state index in [1.54, 1.807) is 12.1 Å². The second-order valence-corrected chi connectivity index (χ2v) is 6.64. The van der Waals surface area contributed by atoms with Gasteiger partial charge in [0.2, 0.25) is 5.91 Å². The Balaban J connectivity index is 1.57. The Bertz CT molecular complexity index is 712. The Morgan fingerprint density at radius 1 is 0.926 bits per heavy atom. The number of ether oxygens (including phenoxy) is 1. The third-order valence-corrected chi connectivity index (χ3v) is 3.93. The third-order valence-electron chi connectivity index (χ3n) is 3.93. The molecule has 0 heterocycles. The molecule has 0 spiro atoms. The van der Waals surface area contributed by atoms with Gasteiger partial charge in [-0.15, -0.1) is 0 Å². The lowest BCUT2D eigenvalue weighted by Gasteiger charge is -2.10. The van der Waals surface area contributed by atoms with Crippen LogP contribution in [0.3, 0.4) is 0 Å². The Kier molecular flexibility index (Phi) is 8.36. The lowest BCUT2D eigenvalue weighted by molar-refractivity contribution is -0.121. The zero-order chi connectivity index (χ0) is 19.5. The van der Waals surface area contributed by atoms with E-state index in [9.17, 15) is 9.59 Å². The standard InChI is InChI=1S/C22H28N2O3/c1-17(2)27-20-12-10-18(11-13-20)14-16-23-21(25)9-6-15-24-22(26)19-7-4-3-5-8-19/h3-5,7-8,10-13,17H,6,9,14-16H2,1-2H3,(H,23,25)(H,24,26). The molecule has 0 unspecified atom stereocenters. The van der Waals surface area contributed by atoms with Crippen LogP contribution in [-0.4, -0.2) is 31.0 Å². The number of nitrogens with one attached hydrogen (secondary N) is 2. The summed E-state index contributed by atoms with van der Waals surface area (Å²) in [4.78, 5) is 23.8. The molecule has 0 saturated carbocycles. The molecule has 27 heavy (non-hydrogen) atoms. The maximum Gasteiger partial charge on any atom is 0.251 e. The summed E-state index contributed by atoms with van der Waals surface area (Å²) in [5.74, 6) is 0.750. The molecule has 5 nitrogen and oxygen atoms in total. The van der Waals surface area contributed by atoms with Crippen LogP contribution < -0.4 is 15.4 Å². The van der Waals surface area contributed by atoms with Crippen LogP contribution in [0.5, 0.6) is 5.75 Å². The quantitative estimate of drug-likeness (QED) is 0.632. The molecule has 0 aliphatic rings. The number of hydrogen-bond acceptors (Lipinski definition) is 3. The van der Waals surface area contributed by atoms with Gasteiger partial charge in [0.1, 0.15) is 5.75 Å². The SMILES string of the molecule is CC(C)Oc1ccc(CCNC(=O)CCCNC(=O)c2ccccc2)cc1. The van der Waals surface area contributed by atoms with E-state index < -0.39 is 0 Å². The van der Waals surface area contributed by atoms with Crippen molar-refractivity contribution < 1.29 is 14.3 Å². The molecule has 0 radical (unpaired) electrons. The second kappa shape index (κ2) is 11.0. The predicted molar refractivity (Wildman–Crippen MR) is 107 cm³/mol. The highest BCUT2D eigenvalue weighted by Gasteiger charge is 2.05.